The second kappa shape index (κ2) is 3.97. The summed E-state index contributed by atoms with van der Waals surface area (Å²) in [6.45, 7) is 4.33. The third kappa shape index (κ3) is 1.56. The molecule has 0 bridgehead atoms. The van der Waals surface area contributed by atoms with Crippen molar-refractivity contribution in [3.8, 4) is 0 Å². The van der Waals surface area contributed by atoms with Crippen LogP contribution in [0.15, 0.2) is 48.6 Å². The van der Waals surface area contributed by atoms with Crippen molar-refractivity contribution in [3.63, 3.8) is 0 Å². The number of hydrogen-bond donors (Lipinski definition) is 0. The van der Waals surface area contributed by atoms with E-state index in [4.69, 9.17) is 4.74 Å². The highest BCUT2D eigenvalue weighted by molar-refractivity contribution is 6.24. The summed E-state index contributed by atoms with van der Waals surface area (Å²) < 4.78 is 5.64. The largest absolute Gasteiger partial charge is 0.369 e. The van der Waals surface area contributed by atoms with Crippen LogP contribution in [0.5, 0.6) is 0 Å². The van der Waals surface area contributed by atoms with Crippen molar-refractivity contribution in [1.82, 2.24) is 0 Å². The van der Waals surface area contributed by atoms with Crippen LogP contribution in [0.25, 0.3) is 5.57 Å². The Labute approximate surface area is 101 Å². The third-order valence-electron chi connectivity index (χ3n) is 3.58. The first-order valence-corrected chi connectivity index (χ1v) is 5.87. The zero-order chi connectivity index (χ0) is 11.8. The van der Waals surface area contributed by atoms with Crippen LogP contribution in [0.3, 0.4) is 0 Å². The number of ketones is 1. The average Bonchev–Trinajstić information content (AvgIpc) is 2.87. The lowest BCUT2D eigenvalue weighted by atomic mass is 9.97. The number of Topliss-reactive ketones (excluding diaryl/α,β-unsaturated/α-hetero) is 1. The number of carbonyl (C=O) groups is 1. The minimum Gasteiger partial charge on any atom is -0.369 e. The first-order chi connectivity index (χ1) is 8.31. The SMILES string of the molecule is C=C[C@H]1OCC2=C(c3ccccc3)C(=O)C[C@@H]21. The minimum absolute atomic E-state index is 0.00941. The standard InChI is InChI=1S/C15H14O2/c1-2-14-11-8-13(16)15(12(11)9-17-14)10-6-4-3-5-7-10/h2-7,11,14H,1,8-9H2/t11-,14+/m0/s1. The van der Waals surface area contributed by atoms with Crippen LogP contribution in [0.1, 0.15) is 12.0 Å². The Hall–Kier alpha value is -1.67. The van der Waals surface area contributed by atoms with Crippen molar-refractivity contribution in [2.75, 3.05) is 6.61 Å². The van der Waals surface area contributed by atoms with Crippen LogP contribution < -0.4 is 0 Å². The highest BCUT2D eigenvalue weighted by atomic mass is 16.5. The highest BCUT2D eigenvalue weighted by Gasteiger charge is 2.41. The predicted octanol–water partition coefficient (Wildman–Crippen LogP) is 2.61. The van der Waals surface area contributed by atoms with Gasteiger partial charge < -0.3 is 4.74 Å². The van der Waals surface area contributed by atoms with Crippen molar-refractivity contribution in [2.45, 2.75) is 12.5 Å². The van der Waals surface area contributed by atoms with Gasteiger partial charge in [0.05, 0.1) is 12.7 Å². The van der Waals surface area contributed by atoms with E-state index < -0.39 is 0 Å². The molecule has 0 spiro atoms. The molecule has 1 aliphatic carbocycles. The molecule has 1 fully saturated rings. The molecule has 0 saturated carbocycles. The van der Waals surface area contributed by atoms with Crippen molar-refractivity contribution in [3.05, 3.63) is 54.1 Å². The Morgan fingerprint density at radius 2 is 2.06 bits per heavy atom. The zero-order valence-corrected chi connectivity index (χ0v) is 9.56. The second-order valence-electron chi connectivity index (χ2n) is 4.51. The van der Waals surface area contributed by atoms with Gasteiger partial charge in [-0.2, -0.15) is 0 Å². The lowest BCUT2D eigenvalue weighted by Gasteiger charge is -2.08. The average molecular weight is 226 g/mol. The van der Waals surface area contributed by atoms with Gasteiger partial charge in [0.2, 0.25) is 0 Å². The van der Waals surface area contributed by atoms with Crippen LogP contribution >= 0.6 is 0 Å². The Morgan fingerprint density at radius 3 is 2.76 bits per heavy atom. The van der Waals surface area contributed by atoms with Crippen LogP contribution in [-0.2, 0) is 9.53 Å². The number of allylic oxidation sites excluding steroid dienone is 1. The summed E-state index contributed by atoms with van der Waals surface area (Å²) in [7, 11) is 0. The fourth-order valence-corrected chi connectivity index (χ4v) is 2.77. The van der Waals surface area contributed by atoms with Gasteiger partial charge in [-0.25, -0.2) is 0 Å². The quantitative estimate of drug-likeness (QED) is 0.724. The summed E-state index contributed by atoms with van der Waals surface area (Å²) in [6, 6.07) is 9.87. The fourth-order valence-electron chi connectivity index (χ4n) is 2.77. The van der Waals surface area contributed by atoms with Gasteiger partial charge in [0.25, 0.3) is 0 Å². The highest BCUT2D eigenvalue weighted by Crippen LogP contribution is 2.42. The van der Waals surface area contributed by atoms with Gasteiger partial charge in [-0.15, -0.1) is 6.58 Å². The molecule has 2 nitrogen and oxygen atoms in total. The second-order valence-corrected chi connectivity index (χ2v) is 4.51. The van der Waals surface area contributed by atoms with Gasteiger partial charge in [-0.1, -0.05) is 36.4 Å². The first-order valence-electron chi connectivity index (χ1n) is 5.87. The summed E-state index contributed by atoms with van der Waals surface area (Å²) in [5, 5.41) is 0. The summed E-state index contributed by atoms with van der Waals surface area (Å²) in [6.07, 6.45) is 2.38. The molecule has 0 amide bonds. The molecule has 86 valence electrons. The Balaban J connectivity index is 2.07. The van der Waals surface area contributed by atoms with E-state index in [-0.39, 0.29) is 17.8 Å². The summed E-state index contributed by atoms with van der Waals surface area (Å²) >= 11 is 0. The van der Waals surface area contributed by atoms with E-state index in [2.05, 4.69) is 6.58 Å². The van der Waals surface area contributed by atoms with E-state index in [1.807, 2.05) is 30.3 Å². The van der Waals surface area contributed by atoms with Gasteiger partial charge in [0, 0.05) is 17.9 Å². The number of benzene rings is 1. The molecule has 2 heteroatoms. The van der Waals surface area contributed by atoms with Gasteiger partial charge >= 0.3 is 0 Å². The van der Waals surface area contributed by atoms with Gasteiger partial charge in [0.1, 0.15) is 0 Å². The molecule has 2 aliphatic rings. The summed E-state index contributed by atoms with van der Waals surface area (Å²) in [5.74, 6) is 0.460. The number of rotatable bonds is 2. The molecular formula is C15H14O2. The maximum absolute atomic E-state index is 12.1. The van der Waals surface area contributed by atoms with Gasteiger partial charge in [-0.3, -0.25) is 4.79 Å². The van der Waals surface area contributed by atoms with Crippen molar-refractivity contribution in [1.29, 1.82) is 0 Å². The minimum atomic E-state index is 0.00941. The van der Waals surface area contributed by atoms with Crippen LogP contribution in [0, 0.1) is 5.92 Å². The zero-order valence-electron chi connectivity index (χ0n) is 9.56. The number of fused-ring (bicyclic) bond motifs is 1. The molecule has 1 heterocycles. The molecule has 3 rings (SSSR count). The predicted molar refractivity (Wildman–Crippen MR) is 66.4 cm³/mol. The Kier molecular flexibility index (Phi) is 2.45. The lowest BCUT2D eigenvalue weighted by Crippen LogP contribution is -2.13. The van der Waals surface area contributed by atoms with Crippen LogP contribution in [0.4, 0.5) is 0 Å². The van der Waals surface area contributed by atoms with E-state index in [9.17, 15) is 4.79 Å². The van der Waals surface area contributed by atoms with Crippen molar-refractivity contribution >= 4 is 11.4 Å². The molecule has 1 aromatic carbocycles. The lowest BCUT2D eigenvalue weighted by molar-refractivity contribution is -0.114. The maximum atomic E-state index is 12.1. The van der Waals surface area contributed by atoms with Crippen LogP contribution in [0.2, 0.25) is 0 Å². The van der Waals surface area contributed by atoms with E-state index in [0.717, 1.165) is 16.7 Å². The molecule has 1 aliphatic heterocycles. The molecule has 0 unspecified atom stereocenters. The smallest absolute Gasteiger partial charge is 0.164 e. The summed E-state index contributed by atoms with van der Waals surface area (Å²) in [5.41, 5.74) is 3.05. The van der Waals surface area contributed by atoms with Gasteiger partial charge in [-0.05, 0) is 11.1 Å². The molecular weight excluding hydrogens is 212 g/mol. The molecule has 0 N–H and O–H groups in total. The molecule has 1 aromatic rings. The van der Waals surface area contributed by atoms with E-state index in [0.29, 0.717) is 13.0 Å². The number of ether oxygens (including phenoxy) is 1. The monoisotopic (exact) mass is 226 g/mol. The maximum Gasteiger partial charge on any atom is 0.164 e. The van der Waals surface area contributed by atoms with Gasteiger partial charge in [0.15, 0.2) is 5.78 Å². The van der Waals surface area contributed by atoms with Crippen LogP contribution in [-0.4, -0.2) is 18.5 Å². The normalized spacial score (nSPS) is 27.4. The Morgan fingerprint density at radius 1 is 1.29 bits per heavy atom. The first kappa shape index (κ1) is 10.5. The van der Waals surface area contributed by atoms with E-state index in [1.54, 1.807) is 6.08 Å². The van der Waals surface area contributed by atoms with E-state index >= 15 is 0 Å². The molecule has 2 atom stereocenters. The summed E-state index contributed by atoms with van der Waals surface area (Å²) in [4.78, 5) is 12.1. The van der Waals surface area contributed by atoms with Crippen molar-refractivity contribution < 1.29 is 9.53 Å². The molecule has 0 aromatic heterocycles. The fraction of sp³-hybridized carbons (Fsp3) is 0.267. The molecule has 0 radical (unpaired) electrons. The third-order valence-corrected chi connectivity index (χ3v) is 3.58. The number of carbonyl (C=O) groups excluding carboxylic acids is 1. The Bertz CT molecular complexity index is 499. The van der Waals surface area contributed by atoms with E-state index in [1.165, 1.54) is 0 Å². The number of hydrogen-bond acceptors (Lipinski definition) is 2. The topological polar surface area (TPSA) is 26.3 Å². The van der Waals surface area contributed by atoms with Crippen molar-refractivity contribution in [2.24, 2.45) is 5.92 Å². The molecule has 1 saturated heterocycles. The molecule has 17 heavy (non-hydrogen) atoms.